The summed E-state index contributed by atoms with van der Waals surface area (Å²) in [6.45, 7) is 4.78. The highest BCUT2D eigenvalue weighted by atomic mass is 32.2. The number of esters is 1. The summed E-state index contributed by atoms with van der Waals surface area (Å²) in [5.41, 5.74) is -4.49. The quantitative estimate of drug-likeness (QED) is 0.219. The average Bonchev–Trinajstić information content (AvgIpc) is 4.13. The molecule has 3 heterocycles. The second-order valence-corrected chi connectivity index (χ2v) is 18.8. The molecule has 3 fully saturated rings. The summed E-state index contributed by atoms with van der Waals surface area (Å²) in [5.74, 6) is -4.08. The third-order valence-corrected chi connectivity index (χ3v) is 13.8. The molecule has 4 aliphatic rings. The maximum atomic E-state index is 14.9. The number of nitrogens with zero attached hydrogens (tertiary/aromatic N) is 2. The Morgan fingerprint density at radius 3 is 2.43 bits per heavy atom. The van der Waals surface area contributed by atoms with E-state index in [4.69, 9.17) is 18.9 Å². The topological polar surface area (TPSA) is 209 Å². The number of ether oxygens (including phenoxy) is 4. The molecule has 4 amide bonds. The number of benzene rings is 1. The van der Waals surface area contributed by atoms with Crippen molar-refractivity contribution in [2.45, 2.75) is 120 Å². The molecule has 2 aliphatic heterocycles. The molecule has 1 unspecified atom stereocenters. The first kappa shape index (κ1) is 45.4. The van der Waals surface area contributed by atoms with Crippen LogP contribution in [-0.2, 0) is 33.9 Å². The molecule has 0 spiro atoms. The fraction of sp³-hybridized carbons (Fsp3) is 0.610. The molecule has 2 aromatic rings. The number of halogens is 3. The molecule has 0 bridgehead atoms. The lowest BCUT2D eigenvalue weighted by atomic mass is 9.85. The van der Waals surface area contributed by atoms with Crippen LogP contribution >= 0.6 is 0 Å². The van der Waals surface area contributed by atoms with E-state index in [1.165, 1.54) is 20.4 Å². The molecule has 16 nitrogen and oxygen atoms in total. The van der Waals surface area contributed by atoms with Gasteiger partial charge in [-0.1, -0.05) is 32.4 Å². The van der Waals surface area contributed by atoms with Crippen LogP contribution in [0.1, 0.15) is 89.4 Å². The number of alkyl halides is 3. The van der Waals surface area contributed by atoms with E-state index in [0.29, 0.717) is 68.9 Å². The van der Waals surface area contributed by atoms with Crippen LogP contribution in [0.4, 0.5) is 18.0 Å². The third kappa shape index (κ3) is 9.68. The van der Waals surface area contributed by atoms with Crippen molar-refractivity contribution in [3.63, 3.8) is 0 Å². The van der Waals surface area contributed by atoms with Gasteiger partial charge in [0.1, 0.15) is 29.5 Å². The Bertz CT molecular complexity index is 2200. The van der Waals surface area contributed by atoms with E-state index in [2.05, 4.69) is 20.3 Å². The van der Waals surface area contributed by atoms with Crippen LogP contribution in [0.15, 0.2) is 36.5 Å². The number of alkyl carbamates (subject to hydrolysis) is 1. The number of hydrogen-bond donors (Lipinski definition) is 3. The number of fused-ring (bicyclic) bond motifs is 3. The van der Waals surface area contributed by atoms with E-state index < -0.39 is 92.4 Å². The van der Waals surface area contributed by atoms with Gasteiger partial charge in [-0.3, -0.25) is 19.1 Å². The third-order valence-electron chi connectivity index (χ3n) is 12.0. The minimum atomic E-state index is -4.94. The number of carbonyl (C=O) groups excluding carboxylic acids is 5. The Morgan fingerprint density at radius 1 is 1.07 bits per heavy atom. The van der Waals surface area contributed by atoms with E-state index in [0.717, 1.165) is 4.90 Å². The zero-order chi connectivity index (χ0) is 44.7. The highest BCUT2D eigenvalue weighted by molar-refractivity contribution is 7.91. The first-order chi connectivity index (χ1) is 28.6. The van der Waals surface area contributed by atoms with Crippen molar-refractivity contribution in [3.05, 3.63) is 42.1 Å². The molecule has 2 aliphatic carbocycles. The van der Waals surface area contributed by atoms with E-state index >= 15 is 0 Å². The molecule has 6 rings (SSSR count). The predicted molar refractivity (Wildman–Crippen MR) is 213 cm³/mol. The van der Waals surface area contributed by atoms with Crippen molar-refractivity contribution in [2.75, 3.05) is 20.8 Å². The van der Waals surface area contributed by atoms with Gasteiger partial charge >= 0.3 is 18.2 Å². The fourth-order valence-corrected chi connectivity index (χ4v) is 9.37. The van der Waals surface area contributed by atoms with Gasteiger partial charge in [-0.15, -0.1) is 0 Å². The van der Waals surface area contributed by atoms with Gasteiger partial charge in [-0.25, -0.2) is 23.0 Å². The van der Waals surface area contributed by atoms with Gasteiger partial charge in [0, 0.05) is 29.3 Å². The molecule has 3 N–H and O–H groups in total. The van der Waals surface area contributed by atoms with Gasteiger partial charge in [0.05, 0.1) is 31.6 Å². The van der Waals surface area contributed by atoms with Crippen molar-refractivity contribution in [2.24, 2.45) is 17.8 Å². The normalized spacial score (nSPS) is 27.9. The second-order valence-electron chi connectivity index (χ2n) is 16.8. The Balaban J connectivity index is 1.39. The fourth-order valence-electron chi connectivity index (χ4n) is 8.01. The Kier molecular flexibility index (Phi) is 12.9. The molecule has 20 heteroatoms. The number of amides is 4. The number of methoxy groups -OCH3 is 2. The molecule has 2 saturated carbocycles. The number of allylic oxidation sites excluding steroid dienone is 1. The summed E-state index contributed by atoms with van der Waals surface area (Å²) in [6.07, 6.45) is -0.114. The standard InChI is InChI=1S/C41H52F3N5O11S/c1-7-23-16-22(2)10-8-9-11-24-19-40(24,37(53)48-61(55,56)27-13-14-27)47-33(50)31-18-26(21-49(31)35(51)32(23)46-38(54)60-39(3,4)41(42,43)44)59-34-28-15-12-25(57-5)17-29(28)30(20-45-34)36(52)58-6/h9,11-12,15,17,20,22-24,26-27,31-32H,7-8,10,13-14,16,18-19,21H2,1-6H3,(H,46,54)(H,47,50)(H,48,53)/b11-9-/t22-,23-,24-,26?,31+,32+,40-/m1/s1. The zero-order valence-electron chi connectivity index (χ0n) is 34.8. The summed E-state index contributed by atoms with van der Waals surface area (Å²) in [6, 6.07) is 1.94. The number of sulfonamides is 1. The minimum Gasteiger partial charge on any atom is -0.497 e. The van der Waals surface area contributed by atoms with Gasteiger partial charge in [0.2, 0.25) is 33.3 Å². The van der Waals surface area contributed by atoms with Crippen LogP contribution in [0.2, 0.25) is 0 Å². The number of hydrogen-bond acceptors (Lipinski definition) is 12. The van der Waals surface area contributed by atoms with Crippen LogP contribution in [0.3, 0.4) is 0 Å². The maximum Gasteiger partial charge on any atom is 0.427 e. The predicted octanol–water partition coefficient (Wildman–Crippen LogP) is 4.70. The lowest BCUT2D eigenvalue weighted by Crippen LogP contribution is -2.59. The Hall–Kier alpha value is -5.14. The van der Waals surface area contributed by atoms with E-state index in [9.17, 15) is 45.6 Å². The largest absolute Gasteiger partial charge is 0.497 e. The van der Waals surface area contributed by atoms with Crippen LogP contribution in [-0.4, -0.2) is 110 Å². The summed E-state index contributed by atoms with van der Waals surface area (Å²) < 4.78 is 91.0. The Labute approximate surface area is 351 Å². The average molecular weight is 880 g/mol. The lowest BCUT2D eigenvalue weighted by Gasteiger charge is -2.35. The number of nitrogens with one attached hydrogen (secondary N) is 3. The molecule has 61 heavy (non-hydrogen) atoms. The van der Waals surface area contributed by atoms with Gasteiger partial charge in [0.25, 0.3) is 5.91 Å². The molecule has 7 atom stereocenters. The minimum absolute atomic E-state index is 0.0207. The molecule has 1 aromatic carbocycles. The van der Waals surface area contributed by atoms with Crippen LogP contribution in [0.25, 0.3) is 10.8 Å². The van der Waals surface area contributed by atoms with Crippen molar-refractivity contribution >= 4 is 50.6 Å². The summed E-state index contributed by atoms with van der Waals surface area (Å²) in [7, 11) is -1.36. The number of rotatable bonds is 10. The molecular weight excluding hydrogens is 828 g/mol. The van der Waals surface area contributed by atoms with Crippen molar-refractivity contribution in [3.8, 4) is 11.6 Å². The highest BCUT2D eigenvalue weighted by Crippen LogP contribution is 2.46. The number of carbonyl (C=O) groups is 5. The zero-order valence-corrected chi connectivity index (χ0v) is 35.6. The smallest absolute Gasteiger partial charge is 0.427 e. The molecule has 334 valence electrons. The van der Waals surface area contributed by atoms with E-state index in [1.54, 1.807) is 31.2 Å². The SMILES string of the molecule is CC[C@@H]1C[C@H](C)CC/C=C\[C@@H]2C[C@@]2(C(=O)NS(=O)(=O)C2CC2)NC(=O)[C@@H]2CC(Oc3ncc(C(=O)OC)c4cc(OC)ccc34)CN2C(=O)[C@H]1NC(=O)OC(C)(C)C(F)(F)F. The first-order valence-electron chi connectivity index (χ1n) is 20.3. The van der Waals surface area contributed by atoms with Gasteiger partial charge in [-0.05, 0) is 82.4 Å². The van der Waals surface area contributed by atoms with Crippen LogP contribution in [0.5, 0.6) is 11.6 Å². The van der Waals surface area contributed by atoms with E-state index in [1.807, 2.05) is 13.0 Å². The van der Waals surface area contributed by atoms with Gasteiger partial charge in [-0.2, -0.15) is 13.2 Å². The monoisotopic (exact) mass is 879 g/mol. The van der Waals surface area contributed by atoms with Crippen molar-refractivity contribution in [1.29, 1.82) is 0 Å². The summed E-state index contributed by atoms with van der Waals surface area (Å²) >= 11 is 0. The Morgan fingerprint density at radius 2 is 1.79 bits per heavy atom. The molecule has 1 saturated heterocycles. The van der Waals surface area contributed by atoms with Gasteiger partial charge < -0.3 is 34.5 Å². The molecule has 0 radical (unpaired) electrons. The van der Waals surface area contributed by atoms with Crippen LogP contribution < -0.4 is 24.8 Å². The highest BCUT2D eigenvalue weighted by Gasteiger charge is 2.62. The summed E-state index contributed by atoms with van der Waals surface area (Å²) in [5, 5.41) is 5.17. The molecule has 1 aromatic heterocycles. The van der Waals surface area contributed by atoms with Crippen molar-refractivity contribution in [1.82, 2.24) is 25.2 Å². The van der Waals surface area contributed by atoms with E-state index in [-0.39, 0.29) is 36.7 Å². The maximum absolute atomic E-state index is 14.9. The first-order valence-corrected chi connectivity index (χ1v) is 21.8. The van der Waals surface area contributed by atoms with Crippen molar-refractivity contribution < 1.29 is 64.5 Å². The second kappa shape index (κ2) is 17.3. The number of pyridine rings is 1. The number of aromatic nitrogens is 1. The lowest BCUT2D eigenvalue weighted by molar-refractivity contribution is -0.244. The molecular formula is C41H52F3N5O11S. The summed E-state index contributed by atoms with van der Waals surface area (Å²) in [4.78, 5) is 74.8. The van der Waals surface area contributed by atoms with Crippen LogP contribution in [0, 0.1) is 17.8 Å². The van der Waals surface area contributed by atoms with Gasteiger partial charge in [0.15, 0.2) is 0 Å².